The number of rotatable bonds is 4. The SMILES string of the molecule is CCN(C(=O)N1CC(C(N)=O)CCC1C)C(C)(C)C(=O)O. The summed E-state index contributed by atoms with van der Waals surface area (Å²) >= 11 is 0. The van der Waals surface area contributed by atoms with Gasteiger partial charge in [-0.3, -0.25) is 4.79 Å². The van der Waals surface area contributed by atoms with Gasteiger partial charge in [0.2, 0.25) is 5.91 Å². The molecular formula is C14H25N3O4. The number of primary amides is 1. The largest absolute Gasteiger partial charge is 0.480 e. The number of likely N-dealkylation sites (tertiary alicyclic amines) is 1. The lowest BCUT2D eigenvalue weighted by Gasteiger charge is -2.43. The quantitative estimate of drug-likeness (QED) is 0.804. The van der Waals surface area contributed by atoms with Crippen molar-refractivity contribution in [3.8, 4) is 0 Å². The summed E-state index contributed by atoms with van der Waals surface area (Å²) in [5.41, 5.74) is 4.03. The molecule has 0 saturated carbocycles. The Morgan fingerprint density at radius 3 is 2.33 bits per heavy atom. The number of nitrogens with zero attached hydrogens (tertiary/aromatic N) is 2. The number of urea groups is 1. The lowest BCUT2D eigenvalue weighted by atomic mass is 9.93. The molecule has 1 rings (SSSR count). The zero-order chi connectivity index (χ0) is 16.4. The van der Waals surface area contributed by atoms with E-state index in [1.165, 1.54) is 18.7 Å². The molecule has 0 aromatic carbocycles. The molecular weight excluding hydrogens is 274 g/mol. The van der Waals surface area contributed by atoms with Crippen molar-refractivity contribution in [1.82, 2.24) is 9.80 Å². The summed E-state index contributed by atoms with van der Waals surface area (Å²) in [7, 11) is 0. The Labute approximate surface area is 125 Å². The third-order valence-electron chi connectivity index (χ3n) is 4.28. The average molecular weight is 299 g/mol. The number of nitrogens with two attached hydrogens (primary N) is 1. The van der Waals surface area contributed by atoms with Crippen LogP contribution in [-0.4, -0.2) is 57.5 Å². The molecule has 120 valence electrons. The molecule has 3 amide bonds. The van der Waals surface area contributed by atoms with Crippen molar-refractivity contribution in [2.45, 2.75) is 52.1 Å². The molecule has 3 N–H and O–H groups in total. The number of carboxylic acids is 1. The van der Waals surface area contributed by atoms with Gasteiger partial charge in [0.05, 0.1) is 5.92 Å². The van der Waals surface area contributed by atoms with Crippen LogP contribution in [0, 0.1) is 5.92 Å². The number of hydrogen-bond donors (Lipinski definition) is 2. The Kier molecular flexibility index (Phi) is 5.20. The number of likely N-dealkylation sites (N-methyl/N-ethyl adjacent to an activating group) is 1. The van der Waals surface area contributed by atoms with Gasteiger partial charge < -0.3 is 20.6 Å². The molecule has 1 aliphatic rings. The van der Waals surface area contributed by atoms with Crippen molar-refractivity contribution in [3.63, 3.8) is 0 Å². The Morgan fingerprint density at radius 1 is 1.33 bits per heavy atom. The van der Waals surface area contributed by atoms with Crippen LogP contribution in [0.25, 0.3) is 0 Å². The van der Waals surface area contributed by atoms with Crippen molar-refractivity contribution in [1.29, 1.82) is 0 Å². The van der Waals surface area contributed by atoms with Crippen LogP contribution in [0.2, 0.25) is 0 Å². The van der Waals surface area contributed by atoms with E-state index < -0.39 is 17.4 Å². The summed E-state index contributed by atoms with van der Waals surface area (Å²) in [5.74, 6) is -1.84. The molecule has 7 heteroatoms. The molecule has 1 aliphatic heterocycles. The second kappa shape index (κ2) is 6.32. The van der Waals surface area contributed by atoms with Crippen molar-refractivity contribution in [2.75, 3.05) is 13.1 Å². The minimum absolute atomic E-state index is 0.0354. The summed E-state index contributed by atoms with van der Waals surface area (Å²) < 4.78 is 0. The van der Waals surface area contributed by atoms with Crippen LogP contribution in [0.3, 0.4) is 0 Å². The van der Waals surface area contributed by atoms with Gasteiger partial charge in [0, 0.05) is 19.1 Å². The smallest absolute Gasteiger partial charge is 0.329 e. The maximum Gasteiger partial charge on any atom is 0.329 e. The second-order valence-corrected chi connectivity index (χ2v) is 6.07. The van der Waals surface area contributed by atoms with Gasteiger partial charge in [0.1, 0.15) is 5.54 Å². The van der Waals surface area contributed by atoms with Gasteiger partial charge in [-0.05, 0) is 40.5 Å². The van der Waals surface area contributed by atoms with Crippen LogP contribution in [-0.2, 0) is 9.59 Å². The molecule has 21 heavy (non-hydrogen) atoms. The first-order valence-electron chi connectivity index (χ1n) is 7.23. The Balaban J connectivity index is 2.97. The summed E-state index contributed by atoms with van der Waals surface area (Å²) in [5, 5.41) is 9.31. The van der Waals surface area contributed by atoms with E-state index in [4.69, 9.17) is 5.73 Å². The molecule has 0 aromatic rings. The first-order valence-corrected chi connectivity index (χ1v) is 7.23. The van der Waals surface area contributed by atoms with E-state index in [1.807, 2.05) is 6.92 Å². The first kappa shape index (κ1) is 17.3. The van der Waals surface area contributed by atoms with E-state index >= 15 is 0 Å². The van der Waals surface area contributed by atoms with Crippen molar-refractivity contribution in [3.05, 3.63) is 0 Å². The van der Waals surface area contributed by atoms with E-state index in [9.17, 15) is 19.5 Å². The van der Waals surface area contributed by atoms with Crippen LogP contribution in [0.4, 0.5) is 4.79 Å². The van der Waals surface area contributed by atoms with E-state index in [0.717, 1.165) is 0 Å². The van der Waals surface area contributed by atoms with Gasteiger partial charge >= 0.3 is 12.0 Å². The third kappa shape index (κ3) is 3.46. The molecule has 1 heterocycles. The zero-order valence-corrected chi connectivity index (χ0v) is 13.1. The van der Waals surface area contributed by atoms with Gasteiger partial charge in [-0.1, -0.05) is 0 Å². The standard InChI is InChI=1S/C14H25N3O4/c1-5-17(14(3,4)12(19)20)13(21)16-8-10(11(15)18)7-6-9(16)2/h9-10H,5-8H2,1-4H3,(H2,15,18)(H,19,20). The molecule has 0 aliphatic carbocycles. The molecule has 7 nitrogen and oxygen atoms in total. The first-order chi connectivity index (χ1) is 9.62. The molecule has 1 fully saturated rings. The third-order valence-corrected chi connectivity index (χ3v) is 4.28. The second-order valence-electron chi connectivity index (χ2n) is 6.07. The van der Waals surface area contributed by atoms with E-state index in [-0.39, 0.29) is 31.1 Å². The predicted molar refractivity (Wildman–Crippen MR) is 77.6 cm³/mol. The number of carboxylic acid groups (broad SMARTS) is 1. The number of hydrogen-bond acceptors (Lipinski definition) is 3. The van der Waals surface area contributed by atoms with Gasteiger partial charge in [-0.15, -0.1) is 0 Å². The van der Waals surface area contributed by atoms with Gasteiger partial charge in [-0.2, -0.15) is 0 Å². The summed E-state index contributed by atoms with van der Waals surface area (Å²) in [6.45, 7) is 7.16. The molecule has 2 unspecified atom stereocenters. The fourth-order valence-corrected chi connectivity index (χ4v) is 2.65. The highest BCUT2D eigenvalue weighted by Gasteiger charge is 2.41. The summed E-state index contributed by atoms with van der Waals surface area (Å²) in [4.78, 5) is 38.3. The van der Waals surface area contributed by atoms with E-state index in [1.54, 1.807) is 11.8 Å². The molecule has 2 atom stereocenters. The number of carbonyl (C=O) groups excluding carboxylic acids is 2. The Morgan fingerprint density at radius 2 is 1.90 bits per heavy atom. The minimum Gasteiger partial charge on any atom is -0.480 e. The fraction of sp³-hybridized carbons (Fsp3) is 0.786. The normalized spacial score (nSPS) is 22.8. The zero-order valence-electron chi connectivity index (χ0n) is 13.1. The molecule has 1 saturated heterocycles. The molecule has 0 aromatic heterocycles. The molecule has 0 radical (unpaired) electrons. The maximum atomic E-state index is 12.7. The number of piperidine rings is 1. The highest BCUT2D eigenvalue weighted by atomic mass is 16.4. The molecule has 0 bridgehead atoms. The van der Waals surface area contributed by atoms with Gasteiger partial charge in [-0.25, -0.2) is 9.59 Å². The summed E-state index contributed by atoms with van der Waals surface area (Å²) in [6, 6.07) is -0.393. The average Bonchev–Trinajstić information content (AvgIpc) is 2.38. The van der Waals surface area contributed by atoms with Crippen LogP contribution in [0.15, 0.2) is 0 Å². The Hall–Kier alpha value is -1.79. The van der Waals surface area contributed by atoms with Gasteiger partial charge in [0.15, 0.2) is 0 Å². The minimum atomic E-state index is -1.30. The predicted octanol–water partition coefficient (Wildman–Crippen LogP) is 0.877. The number of amides is 3. The fourth-order valence-electron chi connectivity index (χ4n) is 2.65. The number of aliphatic carboxylic acids is 1. The monoisotopic (exact) mass is 299 g/mol. The maximum absolute atomic E-state index is 12.7. The Bertz CT molecular complexity index is 436. The van der Waals surface area contributed by atoms with Crippen LogP contribution in [0.1, 0.15) is 40.5 Å². The van der Waals surface area contributed by atoms with Crippen molar-refractivity contribution < 1.29 is 19.5 Å². The van der Waals surface area contributed by atoms with Crippen LogP contribution < -0.4 is 5.73 Å². The molecule has 0 spiro atoms. The van der Waals surface area contributed by atoms with E-state index in [0.29, 0.717) is 12.8 Å². The van der Waals surface area contributed by atoms with Gasteiger partial charge in [0.25, 0.3) is 0 Å². The van der Waals surface area contributed by atoms with Crippen LogP contribution >= 0.6 is 0 Å². The highest BCUT2D eigenvalue weighted by Crippen LogP contribution is 2.25. The number of carbonyl (C=O) groups is 3. The topological polar surface area (TPSA) is 104 Å². The highest BCUT2D eigenvalue weighted by molar-refractivity contribution is 5.86. The lowest BCUT2D eigenvalue weighted by Crippen LogP contribution is -2.60. The lowest BCUT2D eigenvalue weighted by molar-refractivity contribution is -0.148. The van der Waals surface area contributed by atoms with E-state index in [2.05, 4.69) is 0 Å². The van der Waals surface area contributed by atoms with Crippen LogP contribution in [0.5, 0.6) is 0 Å². The van der Waals surface area contributed by atoms with Crippen molar-refractivity contribution >= 4 is 17.9 Å². The van der Waals surface area contributed by atoms with Crippen molar-refractivity contribution in [2.24, 2.45) is 11.7 Å². The summed E-state index contributed by atoms with van der Waals surface area (Å²) in [6.07, 6.45) is 1.35.